The van der Waals surface area contributed by atoms with Crippen molar-refractivity contribution < 1.29 is 9.59 Å². The smallest absolute Gasteiger partial charge is 0.256 e. The lowest BCUT2D eigenvalue weighted by Gasteiger charge is -2.17. The molecule has 2 aromatic rings. The number of benzene rings is 2. The van der Waals surface area contributed by atoms with Gasteiger partial charge in [0, 0.05) is 0 Å². The molecule has 2 amide bonds. The van der Waals surface area contributed by atoms with Crippen LogP contribution in [0.4, 0.5) is 11.4 Å². The summed E-state index contributed by atoms with van der Waals surface area (Å²) < 4.78 is 0. The summed E-state index contributed by atoms with van der Waals surface area (Å²) in [6, 6.07) is 13.2. The standard InChI is InChI=1S/C16H12Cl2N2O2/c17-10-5-1-3-7-12(10)19-13-9-15(21)20(16(13)22)14-8-4-2-6-11(14)18/h1-8,13,19H,9H2. The van der Waals surface area contributed by atoms with Crippen LogP contribution in [0.3, 0.4) is 0 Å². The molecule has 1 heterocycles. The second-order valence-electron chi connectivity index (χ2n) is 4.90. The third-order valence-corrected chi connectivity index (χ3v) is 4.09. The Bertz CT molecular complexity index is 748. The Labute approximate surface area is 137 Å². The maximum atomic E-state index is 12.5. The molecule has 1 aliphatic rings. The molecule has 112 valence electrons. The average Bonchev–Trinajstić information content (AvgIpc) is 2.77. The quantitative estimate of drug-likeness (QED) is 0.870. The highest BCUT2D eigenvalue weighted by atomic mass is 35.5. The molecule has 0 aromatic heterocycles. The van der Waals surface area contributed by atoms with Gasteiger partial charge in [0.1, 0.15) is 6.04 Å². The fraction of sp³-hybridized carbons (Fsp3) is 0.125. The van der Waals surface area contributed by atoms with Gasteiger partial charge in [0.15, 0.2) is 0 Å². The maximum absolute atomic E-state index is 12.5. The van der Waals surface area contributed by atoms with E-state index in [1.54, 1.807) is 48.5 Å². The van der Waals surface area contributed by atoms with Gasteiger partial charge in [0.05, 0.1) is 27.8 Å². The first-order valence-electron chi connectivity index (χ1n) is 6.70. The van der Waals surface area contributed by atoms with Gasteiger partial charge in [-0.2, -0.15) is 0 Å². The minimum atomic E-state index is -0.649. The molecule has 1 N–H and O–H groups in total. The fourth-order valence-electron chi connectivity index (χ4n) is 2.40. The predicted octanol–water partition coefficient (Wildman–Crippen LogP) is 3.74. The lowest BCUT2D eigenvalue weighted by molar-refractivity contribution is -0.121. The number of carbonyl (C=O) groups is 2. The fourth-order valence-corrected chi connectivity index (χ4v) is 2.81. The number of imide groups is 1. The van der Waals surface area contributed by atoms with Crippen LogP contribution in [0, 0.1) is 0 Å². The first kappa shape index (κ1) is 14.9. The largest absolute Gasteiger partial charge is 0.372 e. The molecule has 0 bridgehead atoms. The van der Waals surface area contributed by atoms with Gasteiger partial charge >= 0.3 is 0 Å². The molecule has 0 aliphatic carbocycles. The molecule has 1 unspecified atom stereocenters. The van der Waals surface area contributed by atoms with Crippen LogP contribution in [-0.4, -0.2) is 17.9 Å². The molecule has 0 radical (unpaired) electrons. The number of nitrogens with one attached hydrogen (secondary N) is 1. The highest BCUT2D eigenvalue weighted by molar-refractivity contribution is 6.36. The van der Waals surface area contributed by atoms with Crippen molar-refractivity contribution in [2.24, 2.45) is 0 Å². The number of para-hydroxylation sites is 2. The van der Waals surface area contributed by atoms with Gasteiger partial charge < -0.3 is 5.32 Å². The summed E-state index contributed by atoms with van der Waals surface area (Å²) in [5, 5.41) is 3.88. The van der Waals surface area contributed by atoms with E-state index in [1.165, 1.54) is 0 Å². The first-order valence-corrected chi connectivity index (χ1v) is 7.46. The summed E-state index contributed by atoms with van der Waals surface area (Å²) in [4.78, 5) is 25.8. The van der Waals surface area contributed by atoms with Crippen LogP contribution in [0.25, 0.3) is 0 Å². The molecule has 3 rings (SSSR count). The lowest BCUT2D eigenvalue weighted by Crippen LogP contribution is -2.35. The molecule has 1 fully saturated rings. The van der Waals surface area contributed by atoms with Crippen LogP contribution in [0.1, 0.15) is 6.42 Å². The van der Waals surface area contributed by atoms with E-state index < -0.39 is 6.04 Å². The van der Waals surface area contributed by atoms with E-state index in [2.05, 4.69) is 5.32 Å². The minimum Gasteiger partial charge on any atom is -0.372 e. The molecule has 2 aromatic carbocycles. The zero-order chi connectivity index (χ0) is 15.7. The summed E-state index contributed by atoms with van der Waals surface area (Å²) in [6.07, 6.45) is 0.0648. The van der Waals surface area contributed by atoms with Crippen molar-refractivity contribution in [1.82, 2.24) is 0 Å². The highest BCUT2D eigenvalue weighted by Gasteiger charge is 2.40. The number of halogens is 2. The normalized spacial score (nSPS) is 17.9. The predicted molar refractivity (Wildman–Crippen MR) is 87.4 cm³/mol. The van der Waals surface area contributed by atoms with Crippen molar-refractivity contribution >= 4 is 46.4 Å². The average molecular weight is 335 g/mol. The van der Waals surface area contributed by atoms with Crippen molar-refractivity contribution in [3.63, 3.8) is 0 Å². The number of anilines is 2. The van der Waals surface area contributed by atoms with E-state index in [-0.39, 0.29) is 18.2 Å². The number of amides is 2. The zero-order valence-electron chi connectivity index (χ0n) is 11.4. The molecule has 6 heteroatoms. The van der Waals surface area contributed by atoms with Gasteiger partial charge in [0.25, 0.3) is 5.91 Å². The number of rotatable bonds is 3. The van der Waals surface area contributed by atoms with Crippen molar-refractivity contribution in [1.29, 1.82) is 0 Å². The third-order valence-electron chi connectivity index (χ3n) is 3.44. The van der Waals surface area contributed by atoms with Crippen LogP contribution < -0.4 is 10.2 Å². The third kappa shape index (κ3) is 2.67. The summed E-state index contributed by atoms with van der Waals surface area (Å²) in [7, 11) is 0. The van der Waals surface area contributed by atoms with E-state index in [0.717, 1.165) is 4.90 Å². The minimum absolute atomic E-state index is 0.0648. The number of nitrogens with zero attached hydrogens (tertiary/aromatic N) is 1. The molecule has 0 spiro atoms. The Morgan fingerprint density at radius 1 is 0.955 bits per heavy atom. The van der Waals surface area contributed by atoms with Gasteiger partial charge in [-0.3, -0.25) is 9.59 Å². The van der Waals surface area contributed by atoms with Crippen LogP contribution in [0.5, 0.6) is 0 Å². The SMILES string of the molecule is O=C1CC(Nc2ccccc2Cl)C(=O)N1c1ccccc1Cl. The van der Waals surface area contributed by atoms with Crippen molar-refractivity contribution in [3.8, 4) is 0 Å². The Balaban J connectivity index is 1.86. The molecule has 0 saturated carbocycles. The van der Waals surface area contributed by atoms with Gasteiger partial charge in [-0.25, -0.2) is 4.90 Å². The highest BCUT2D eigenvalue weighted by Crippen LogP contribution is 2.31. The summed E-state index contributed by atoms with van der Waals surface area (Å²) in [5.74, 6) is -0.624. The summed E-state index contributed by atoms with van der Waals surface area (Å²) in [5.41, 5.74) is 1.03. The van der Waals surface area contributed by atoms with Crippen molar-refractivity contribution in [2.75, 3.05) is 10.2 Å². The van der Waals surface area contributed by atoms with Crippen LogP contribution >= 0.6 is 23.2 Å². The second kappa shape index (κ2) is 5.99. The second-order valence-corrected chi connectivity index (χ2v) is 5.71. The van der Waals surface area contributed by atoms with Gasteiger partial charge in [-0.05, 0) is 24.3 Å². The summed E-state index contributed by atoms with van der Waals surface area (Å²) in [6.45, 7) is 0. The number of hydrogen-bond donors (Lipinski definition) is 1. The molecular formula is C16H12Cl2N2O2. The Morgan fingerprint density at radius 2 is 1.59 bits per heavy atom. The van der Waals surface area contributed by atoms with E-state index in [4.69, 9.17) is 23.2 Å². The summed E-state index contributed by atoms with van der Waals surface area (Å²) >= 11 is 12.2. The zero-order valence-corrected chi connectivity index (χ0v) is 12.9. The Kier molecular flexibility index (Phi) is 4.05. The Hall–Kier alpha value is -2.04. The van der Waals surface area contributed by atoms with Crippen molar-refractivity contribution in [2.45, 2.75) is 12.5 Å². The lowest BCUT2D eigenvalue weighted by atomic mass is 10.2. The van der Waals surface area contributed by atoms with Crippen LogP contribution in [0.15, 0.2) is 48.5 Å². The van der Waals surface area contributed by atoms with Gasteiger partial charge in [-0.15, -0.1) is 0 Å². The number of carbonyl (C=O) groups excluding carboxylic acids is 2. The maximum Gasteiger partial charge on any atom is 0.256 e. The molecule has 4 nitrogen and oxygen atoms in total. The monoisotopic (exact) mass is 334 g/mol. The molecular weight excluding hydrogens is 323 g/mol. The van der Waals surface area contributed by atoms with E-state index >= 15 is 0 Å². The molecule has 1 atom stereocenters. The molecule has 1 aliphatic heterocycles. The van der Waals surface area contributed by atoms with E-state index in [1.807, 2.05) is 0 Å². The Morgan fingerprint density at radius 3 is 2.27 bits per heavy atom. The van der Waals surface area contributed by atoms with Crippen molar-refractivity contribution in [3.05, 3.63) is 58.6 Å². The van der Waals surface area contributed by atoms with Gasteiger partial charge in [-0.1, -0.05) is 47.5 Å². The van der Waals surface area contributed by atoms with Gasteiger partial charge in [0.2, 0.25) is 5.91 Å². The topological polar surface area (TPSA) is 49.4 Å². The number of hydrogen-bond acceptors (Lipinski definition) is 3. The first-order chi connectivity index (χ1) is 10.6. The van der Waals surface area contributed by atoms with E-state index in [0.29, 0.717) is 21.4 Å². The van der Waals surface area contributed by atoms with Crippen LogP contribution in [-0.2, 0) is 9.59 Å². The van der Waals surface area contributed by atoms with E-state index in [9.17, 15) is 9.59 Å². The molecule has 22 heavy (non-hydrogen) atoms. The van der Waals surface area contributed by atoms with Crippen LogP contribution in [0.2, 0.25) is 10.0 Å². The molecule has 1 saturated heterocycles.